The summed E-state index contributed by atoms with van der Waals surface area (Å²) in [5.74, 6) is 1.89. The molecular weight excluding hydrogens is 847 g/mol. The summed E-state index contributed by atoms with van der Waals surface area (Å²) in [4.78, 5) is 0. The van der Waals surface area contributed by atoms with Gasteiger partial charge in [0.2, 0.25) is 0 Å². The van der Waals surface area contributed by atoms with Gasteiger partial charge in [-0.25, -0.2) is 0 Å². The van der Waals surface area contributed by atoms with E-state index < -0.39 is 18.0 Å². The quantitative estimate of drug-likeness (QED) is 0.130. The molecule has 0 amide bonds. The van der Waals surface area contributed by atoms with E-state index in [2.05, 4.69) is 195 Å². The molecule has 0 unspecified atom stereocenters. The molecule has 0 heterocycles. The van der Waals surface area contributed by atoms with Gasteiger partial charge in [-0.05, 0) is 55.0 Å². The van der Waals surface area contributed by atoms with Gasteiger partial charge in [0, 0.05) is 11.5 Å². The Balaban J connectivity index is 0.000000225. The van der Waals surface area contributed by atoms with Crippen molar-refractivity contribution in [2.24, 2.45) is 0 Å². The van der Waals surface area contributed by atoms with Crippen molar-refractivity contribution in [3.8, 4) is 33.8 Å². The molecule has 0 aliphatic rings. The summed E-state index contributed by atoms with van der Waals surface area (Å²) < 4.78 is 11.2. The van der Waals surface area contributed by atoms with E-state index in [9.17, 15) is 0 Å². The molecule has 312 valence electrons. The number of hydrogen-bond donors (Lipinski definition) is 0. The summed E-state index contributed by atoms with van der Waals surface area (Å²) in [6.45, 7) is 36.1. The van der Waals surface area contributed by atoms with Gasteiger partial charge in [0.05, 0.1) is 14.2 Å². The Bertz CT molecular complexity index is 2180. The van der Waals surface area contributed by atoms with Crippen LogP contribution in [0.3, 0.4) is 0 Å². The second-order valence-corrected chi connectivity index (χ2v) is 43.2. The van der Waals surface area contributed by atoms with Crippen LogP contribution in [0.2, 0.25) is 13.1 Å². The van der Waals surface area contributed by atoms with Crippen LogP contribution in [0, 0.1) is 13.8 Å². The molecule has 2 nitrogen and oxygen atoms in total. The van der Waals surface area contributed by atoms with E-state index in [4.69, 9.17) is 26.5 Å². The van der Waals surface area contributed by atoms with Crippen molar-refractivity contribution < 1.29 is 27.5 Å². The van der Waals surface area contributed by atoms with Gasteiger partial charge in [0.15, 0.2) is 0 Å². The number of methoxy groups -OCH3 is 2. The molecule has 6 aromatic rings. The predicted molar refractivity (Wildman–Crippen MR) is 257 cm³/mol. The molecule has 0 spiro atoms. The van der Waals surface area contributed by atoms with Gasteiger partial charge in [0.25, 0.3) is 0 Å². The van der Waals surface area contributed by atoms with Gasteiger partial charge in [-0.2, -0.15) is 12.1 Å². The molecule has 6 rings (SSSR count). The number of aryl methyl sites for hydroxylation is 2. The van der Waals surface area contributed by atoms with Gasteiger partial charge in [-0.1, -0.05) is 169 Å². The molecule has 0 radical (unpaired) electrons. The van der Waals surface area contributed by atoms with Crippen molar-refractivity contribution in [3.63, 3.8) is 0 Å². The van der Waals surface area contributed by atoms with Gasteiger partial charge < -0.3 is 9.47 Å². The molecule has 0 saturated carbocycles. The number of halogens is 2. The number of fused-ring (bicyclic) bond motifs is 2. The molecule has 6 heteroatoms. The van der Waals surface area contributed by atoms with Crippen molar-refractivity contribution in [2.75, 3.05) is 14.2 Å². The third kappa shape index (κ3) is 11.8. The van der Waals surface area contributed by atoms with Crippen LogP contribution in [0.4, 0.5) is 0 Å². The van der Waals surface area contributed by atoms with E-state index >= 15 is 0 Å². The first-order valence-corrected chi connectivity index (χ1v) is 33.0. The molecule has 0 fully saturated rings. The Morgan fingerprint density at radius 1 is 0.483 bits per heavy atom. The number of rotatable bonds is 4. The first-order valence-electron chi connectivity index (χ1n) is 20.4. The normalized spacial score (nSPS) is 12.1. The Labute approximate surface area is 366 Å². The Morgan fingerprint density at radius 2 is 0.759 bits per heavy atom. The summed E-state index contributed by atoms with van der Waals surface area (Å²) >= 11 is -1.65. The van der Waals surface area contributed by atoms with Crippen LogP contribution in [0.25, 0.3) is 43.8 Å². The molecule has 0 N–H and O–H groups in total. The minimum atomic E-state index is -1.65. The van der Waals surface area contributed by atoms with E-state index in [1.165, 1.54) is 77.2 Å². The topological polar surface area (TPSA) is 18.5 Å². The van der Waals surface area contributed by atoms with Crippen LogP contribution in [0.1, 0.15) is 116 Å². The van der Waals surface area contributed by atoms with E-state index in [0.717, 1.165) is 11.5 Å². The fourth-order valence-corrected chi connectivity index (χ4v) is 6.99. The summed E-state index contributed by atoms with van der Waals surface area (Å²) in [6, 6.07) is 31.8. The van der Waals surface area contributed by atoms with Crippen LogP contribution < -0.4 is 9.47 Å². The van der Waals surface area contributed by atoms with Gasteiger partial charge >= 0.3 is 53.5 Å². The number of ether oxygens (including phenoxy) is 2. The molecule has 0 aliphatic carbocycles. The van der Waals surface area contributed by atoms with Crippen LogP contribution in [-0.2, 0) is 39.6 Å². The van der Waals surface area contributed by atoms with Crippen LogP contribution in [0.15, 0.2) is 84.9 Å². The van der Waals surface area contributed by atoms with E-state index in [0.29, 0.717) is 0 Å². The first-order chi connectivity index (χ1) is 26.6. The van der Waals surface area contributed by atoms with E-state index in [-0.39, 0.29) is 27.1 Å². The Morgan fingerprint density at radius 3 is 0.983 bits per heavy atom. The summed E-state index contributed by atoms with van der Waals surface area (Å²) in [6.07, 6.45) is 0. The van der Waals surface area contributed by atoms with Crippen molar-refractivity contribution in [1.29, 1.82) is 0 Å². The molecule has 0 aromatic heterocycles. The van der Waals surface area contributed by atoms with Crippen LogP contribution in [-0.4, -0.2) is 19.7 Å². The zero-order valence-corrected chi connectivity index (χ0v) is 43.6. The fraction of sp³-hybridized carbons (Fsp3) is 0.423. The summed E-state index contributed by atoms with van der Waals surface area (Å²) in [5, 5.41) is 4.93. The third-order valence-electron chi connectivity index (χ3n) is 10.8. The average Bonchev–Trinajstić information content (AvgIpc) is 3.71. The SMILES string of the molecule is COc1ccc(-c2cc(C(C)(C)C)cc(C(C)(C)C)c2)c2cc(C)[cH-]c12.COc1ccc(-c2cc(C(C)(C)C)cc(C(C)(C)C)c2)c2cc(C)[cH-]c12.C[Si](C)=[Zr]([Cl])[Cl]. The first kappa shape index (κ1) is 48.1. The van der Waals surface area contributed by atoms with E-state index in [1.807, 2.05) is 0 Å². The van der Waals surface area contributed by atoms with Crippen molar-refractivity contribution in [2.45, 2.75) is 132 Å². The van der Waals surface area contributed by atoms with Gasteiger partial charge in [0.1, 0.15) is 0 Å². The molecule has 58 heavy (non-hydrogen) atoms. The van der Waals surface area contributed by atoms with E-state index in [1.54, 1.807) is 14.2 Å². The summed E-state index contributed by atoms with van der Waals surface area (Å²) in [7, 11) is 14.7. The average molecular weight is 915 g/mol. The molecular formula is C52H68Cl2O2SiZr-2. The molecule has 0 aliphatic heterocycles. The second kappa shape index (κ2) is 18.6. The Hall–Kier alpha value is -2.62. The molecule has 0 saturated heterocycles. The number of benzene rings is 4. The van der Waals surface area contributed by atoms with Crippen molar-refractivity contribution in [1.82, 2.24) is 0 Å². The minimum absolute atomic E-state index is 0.115. The molecule has 0 atom stereocenters. The van der Waals surface area contributed by atoms with Crippen molar-refractivity contribution in [3.05, 3.63) is 118 Å². The third-order valence-corrected chi connectivity index (χ3v) is 30.5. The maximum absolute atomic E-state index is 5.62. The monoisotopic (exact) mass is 912 g/mol. The standard InChI is InChI=1S/2C25H31O.C2H6Si.2ClH.Zr/c2*1-16-11-21-20(9-10-23(26-8)22(21)12-16)17-13-18(24(2,3)4)15-19(14-17)25(5,6)7;1-3-2;;;/h2*9-15H,1-8H3;1-2H3;2*1H;/q2*-1;;;;+2/p-2. The van der Waals surface area contributed by atoms with Crippen molar-refractivity contribution >= 4 is 44.0 Å². The molecule has 6 aromatic carbocycles. The van der Waals surface area contributed by atoms with Gasteiger partial charge in [-0.15, -0.1) is 44.8 Å². The number of hydrogen-bond acceptors (Lipinski definition) is 2. The van der Waals surface area contributed by atoms with Gasteiger partial charge in [-0.3, -0.25) is 0 Å². The van der Waals surface area contributed by atoms with Crippen LogP contribution >= 0.6 is 17.0 Å². The predicted octanol–water partition coefficient (Wildman–Crippen LogP) is 16.4. The maximum atomic E-state index is 5.62. The summed E-state index contributed by atoms with van der Waals surface area (Å²) in [5.41, 5.74) is 13.5. The zero-order chi connectivity index (χ0) is 43.7. The molecule has 0 bridgehead atoms. The Kier molecular flexibility index (Phi) is 15.4. The fourth-order valence-electron chi connectivity index (χ4n) is 6.99. The zero-order valence-electron chi connectivity index (χ0n) is 38.7. The second-order valence-electron chi connectivity index (χ2n) is 20.2. The van der Waals surface area contributed by atoms with Crippen LogP contribution in [0.5, 0.6) is 11.5 Å².